The molecule has 5 heteroatoms. The van der Waals surface area contributed by atoms with E-state index in [2.05, 4.69) is 20.8 Å². The van der Waals surface area contributed by atoms with Gasteiger partial charge in [0.25, 0.3) is 5.79 Å². The average Bonchev–Trinajstić information content (AvgIpc) is 2.80. The third kappa shape index (κ3) is 3.71. The number of hydrogen-bond donors (Lipinski definition) is 2. The van der Waals surface area contributed by atoms with Crippen molar-refractivity contribution in [2.45, 2.75) is 50.4 Å². The van der Waals surface area contributed by atoms with Crippen LogP contribution in [0.1, 0.15) is 55.9 Å². The molecule has 0 amide bonds. The SMILES string of the molecule is CCOC(=O)[C@]1(O)C(c2ccc(C(C)(C)C)cc2)c2ccccc2O[C@@]1(O)c1ccccc1. The van der Waals surface area contributed by atoms with Crippen LogP contribution in [-0.4, -0.2) is 28.4 Å². The van der Waals surface area contributed by atoms with Crippen molar-refractivity contribution < 1.29 is 24.5 Å². The van der Waals surface area contributed by atoms with E-state index >= 15 is 0 Å². The molecule has 1 heterocycles. The van der Waals surface area contributed by atoms with Gasteiger partial charge in [-0.3, -0.25) is 0 Å². The highest BCUT2D eigenvalue weighted by Crippen LogP contribution is 2.54. The number of esters is 1. The van der Waals surface area contributed by atoms with Gasteiger partial charge >= 0.3 is 5.97 Å². The van der Waals surface area contributed by atoms with Gasteiger partial charge in [0.15, 0.2) is 0 Å². The molecule has 3 atom stereocenters. The summed E-state index contributed by atoms with van der Waals surface area (Å²) in [6, 6.07) is 23.4. The summed E-state index contributed by atoms with van der Waals surface area (Å²) >= 11 is 0. The molecular weight excluding hydrogens is 416 g/mol. The van der Waals surface area contributed by atoms with Gasteiger partial charge in [-0.25, -0.2) is 4.79 Å². The molecule has 0 fully saturated rings. The number of rotatable bonds is 4. The van der Waals surface area contributed by atoms with Gasteiger partial charge in [0.05, 0.1) is 12.5 Å². The topological polar surface area (TPSA) is 76.0 Å². The standard InChI is InChI=1S/C28H30O5/c1-5-32-25(29)27(30)24(19-15-17-20(18-16-19)26(2,3)4)22-13-9-10-14-23(22)33-28(27,31)21-11-7-6-8-12-21/h6-18,24,30-31H,5H2,1-4H3/t24?,27-,28+/m1/s1. The van der Waals surface area contributed by atoms with Crippen LogP contribution < -0.4 is 4.74 Å². The van der Waals surface area contributed by atoms with Crippen molar-refractivity contribution in [1.29, 1.82) is 0 Å². The number of aliphatic hydroxyl groups is 2. The molecule has 0 saturated carbocycles. The van der Waals surface area contributed by atoms with Gasteiger partial charge in [0, 0.05) is 11.1 Å². The third-order valence-corrected chi connectivity index (χ3v) is 6.28. The van der Waals surface area contributed by atoms with Gasteiger partial charge in [-0.2, -0.15) is 0 Å². The Morgan fingerprint density at radius 2 is 1.55 bits per heavy atom. The average molecular weight is 447 g/mol. The summed E-state index contributed by atoms with van der Waals surface area (Å²) in [5.74, 6) is -3.86. The Morgan fingerprint density at radius 1 is 0.939 bits per heavy atom. The number of ether oxygens (including phenoxy) is 2. The van der Waals surface area contributed by atoms with Crippen LogP contribution in [0.25, 0.3) is 0 Å². The fourth-order valence-electron chi connectivity index (χ4n) is 4.51. The van der Waals surface area contributed by atoms with E-state index in [-0.39, 0.29) is 17.6 Å². The number of carbonyl (C=O) groups excluding carboxylic acids is 1. The maximum Gasteiger partial charge on any atom is 0.346 e. The first-order valence-electron chi connectivity index (χ1n) is 11.2. The molecule has 3 aromatic rings. The van der Waals surface area contributed by atoms with Crippen LogP contribution in [0.5, 0.6) is 5.75 Å². The van der Waals surface area contributed by atoms with Crippen LogP contribution in [0.3, 0.4) is 0 Å². The number of benzene rings is 3. The first-order valence-corrected chi connectivity index (χ1v) is 11.2. The molecule has 0 saturated heterocycles. The predicted molar refractivity (Wildman–Crippen MR) is 126 cm³/mol. The Hall–Kier alpha value is -3.15. The van der Waals surface area contributed by atoms with Crippen molar-refractivity contribution in [2.75, 3.05) is 6.61 Å². The highest BCUT2D eigenvalue weighted by molar-refractivity contribution is 5.85. The second-order valence-corrected chi connectivity index (χ2v) is 9.44. The van der Waals surface area contributed by atoms with Crippen LogP contribution in [0, 0.1) is 0 Å². The zero-order valence-electron chi connectivity index (χ0n) is 19.4. The molecule has 4 rings (SSSR count). The first kappa shape index (κ1) is 23.0. The van der Waals surface area contributed by atoms with Gasteiger partial charge in [-0.05, 0) is 29.5 Å². The van der Waals surface area contributed by atoms with Crippen LogP contribution in [0.15, 0.2) is 78.9 Å². The largest absolute Gasteiger partial charge is 0.464 e. The lowest BCUT2D eigenvalue weighted by molar-refractivity contribution is -0.280. The van der Waals surface area contributed by atoms with Crippen LogP contribution in [-0.2, 0) is 20.7 Å². The molecule has 0 radical (unpaired) electrons. The van der Waals surface area contributed by atoms with Gasteiger partial charge in [-0.15, -0.1) is 0 Å². The highest BCUT2D eigenvalue weighted by atomic mass is 16.7. The van der Waals surface area contributed by atoms with Crippen molar-refractivity contribution in [1.82, 2.24) is 0 Å². The maximum atomic E-state index is 13.4. The van der Waals surface area contributed by atoms with E-state index in [1.807, 2.05) is 30.3 Å². The lowest BCUT2D eigenvalue weighted by Gasteiger charge is -2.49. The molecular formula is C28H30O5. The molecule has 1 aliphatic rings. The maximum absolute atomic E-state index is 13.4. The molecule has 2 N–H and O–H groups in total. The van der Waals surface area contributed by atoms with E-state index in [0.717, 1.165) is 5.56 Å². The van der Waals surface area contributed by atoms with Crippen molar-refractivity contribution >= 4 is 5.97 Å². The Labute approximate surface area is 194 Å². The molecule has 0 bridgehead atoms. The minimum absolute atomic E-state index is 0.0450. The Kier molecular flexibility index (Phi) is 5.81. The molecule has 3 aromatic carbocycles. The summed E-state index contributed by atoms with van der Waals surface area (Å²) in [5.41, 5.74) is 0.132. The first-order chi connectivity index (χ1) is 15.6. The lowest BCUT2D eigenvalue weighted by Crippen LogP contribution is -2.66. The summed E-state index contributed by atoms with van der Waals surface area (Å²) in [4.78, 5) is 13.4. The van der Waals surface area contributed by atoms with E-state index < -0.39 is 23.3 Å². The normalized spacial score (nSPS) is 24.5. The lowest BCUT2D eigenvalue weighted by atomic mass is 9.68. The minimum Gasteiger partial charge on any atom is -0.464 e. The molecule has 0 aromatic heterocycles. The highest BCUT2D eigenvalue weighted by Gasteiger charge is 2.67. The monoisotopic (exact) mass is 446 g/mol. The van der Waals surface area contributed by atoms with E-state index in [0.29, 0.717) is 16.9 Å². The van der Waals surface area contributed by atoms with Gasteiger partial charge in [0.2, 0.25) is 5.60 Å². The molecule has 0 spiro atoms. The zero-order valence-corrected chi connectivity index (χ0v) is 19.4. The van der Waals surface area contributed by atoms with E-state index in [1.54, 1.807) is 55.5 Å². The van der Waals surface area contributed by atoms with Crippen molar-refractivity contribution in [3.8, 4) is 5.75 Å². The van der Waals surface area contributed by atoms with E-state index in [1.165, 1.54) is 0 Å². The second kappa shape index (κ2) is 8.32. The van der Waals surface area contributed by atoms with Crippen LogP contribution in [0.4, 0.5) is 0 Å². The summed E-state index contributed by atoms with van der Waals surface area (Å²) in [5, 5.41) is 24.1. The Balaban J connectivity index is 1.99. The van der Waals surface area contributed by atoms with Crippen molar-refractivity contribution in [2.24, 2.45) is 0 Å². The quantitative estimate of drug-likeness (QED) is 0.571. The summed E-state index contributed by atoms with van der Waals surface area (Å²) in [6.45, 7) is 8.06. The van der Waals surface area contributed by atoms with Gasteiger partial charge < -0.3 is 19.7 Å². The minimum atomic E-state index is -2.44. The smallest absolute Gasteiger partial charge is 0.346 e. The summed E-state index contributed by atoms with van der Waals surface area (Å²) in [7, 11) is 0. The van der Waals surface area contributed by atoms with Crippen LogP contribution >= 0.6 is 0 Å². The zero-order chi connectivity index (χ0) is 23.9. The summed E-state index contributed by atoms with van der Waals surface area (Å²) < 4.78 is 11.3. The number of fused-ring (bicyclic) bond motifs is 1. The molecule has 33 heavy (non-hydrogen) atoms. The van der Waals surface area contributed by atoms with Gasteiger partial charge in [-0.1, -0.05) is 93.6 Å². The Morgan fingerprint density at radius 3 is 2.15 bits per heavy atom. The molecule has 1 unspecified atom stereocenters. The van der Waals surface area contributed by atoms with Crippen molar-refractivity contribution in [3.05, 3.63) is 101 Å². The third-order valence-electron chi connectivity index (χ3n) is 6.28. The molecule has 0 aliphatic carbocycles. The van der Waals surface area contributed by atoms with Gasteiger partial charge in [0.1, 0.15) is 5.75 Å². The van der Waals surface area contributed by atoms with Crippen molar-refractivity contribution in [3.63, 3.8) is 0 Å². The molecule has 1 aliphatic heterocycles. The fourth-order valence-corrected chi connectivity index (χ4v) is 4.51. The predicted octanol–water partition coefficient (Wildman–Crippen LogP) is 4.65. The molecule has 172 valence electrons. The molecule has 5 nitrogen and oxygen atoms in total. The van der Waals surface area contributed by atoms with E-state index in [4.69, 9.17) is 9.47 Å². The second-order valence-electron chi connectivity index (χ2n) is 9.44. The number of para-hydroxylation sites is 1. The number of hydrogen-bond acceptors (Lipinski definition) is 5. The Bertz CT molecular complexity index is 1130. The van der Waals surface area contributed by atoms with E-state index in [9.17, 15) is 15.0 Å². The fraction of sp³-hybridized carbons (Fsp3) is 0.321. The summed E-state index contributed by atoms with van der Waals surface area (Å²) in [6.07, 6.45) is 0. The number of carbonyl (C=O) groups is 1. The van der Waals surface area contributed by atoms with Crippen LogP contribution in [0.2, 0.25) is 0 Å².